The molecule has 0 fully saturated rings. The van der Waals surface area contributed by atoms with Crippen molar-refractivity contribution in [3.05, 3.63) is 0 Å². The van der Waals surface area contributed by atoms with Crippen LogP contribution in [-0.4, -0.2) is 45.5 Å². The Bertz CT molecular complexity index is 494. The first kappa shape index (κ1) is 26.1. The Morgan fingerprint density at radius 2 is 1.11 bits per heavy atom. The number of nitrogens with two attached hydrogens (primary N) is 2. The predicted molar refractivity (Wildman–Crippen MR) is 111 cm³/mol. The maximum absolute atomic E-state index is 12.4. The molecule has 0 aromatic rings. The van der Waals surface area contributed by atoms with Gasteiger partial charge in [-0.25, -0.2) is 31.3 Å². The van der Waals surface area contributed by atoms with Crippen LogP contribution in [0.15, 0.2) is 10.2 Å². The molecule has 10 nitrogen and oxygen atoms in total. The maximum atomic E-state index is 12.4. The summed E-state index contributed by atoms with van der Waals surface area (Å²) >= 11 is 0. The van der Waals surface area contributed by atoms with Crippen molar-refractivity contribution in [2.75, 3.05) is 0 Å². The monoisotopic (exact) mass is 400 g/mol. The molecule has 0 spiro atoms. The number of nitrogens with zero attached hydrogens (tertiary/aromatic N) is 4. The SMILES string of the molecule is CCCC(C)(N=NC(C)(CCC)N(N)C(=O)NC(C)C)N(N)C(=O)NC(C)C. The summed E-state index contributed by atoms with van der Waals surface area (Å²) < 4.78 is 0. The van der Waals surface area contributed by atoms with Gasteiger partial charge in [0.2, 0.25) is 0 Å². The van der Waals surface area contributed by atoms with Gasteiger partial charge in [-0.1, -0.05) is 26.7 Å². The highest BCUT2D eigenvalue weighted by Crippen LogP contribution is 2.27. The Balaban J connectivity index is 5.75. The van der Waals surface area contributed by atoms with Gasteiger partial charge in [0.1, 0.15) is 0 Å². The van der Waals surface area contributed by atoms with Crippen LogP contribution in [0.5, 0.6) is 0 Å². The molecule has 0 aliphatic rings. The number of amides is 4. The molecule has 0 bridgehead atoms. The summed E-state index contributed by atoms with van der Waals surface area (Å²) in [4.78, 5) is 24.8. The van der Waals surface area contributed by atoms with E-state index in [9.17, 15) is 9.59 Å². The second-order valence-corrected chi connectivity index (χ2v) is 8.08. The van der Waals surface area contributed by atoms with Crippen molar-refractivity contribution >= 4 is 12.1 Å². The molecule has 2 atom stereocenters. The smallest absolute Gasteiger partial charge is 0.334 e. The van der Waals surface area contributed by atoms with Gasteiger partial charge in [0.25, 0.3) is 0 Å². The first-order chi connectivity index (χ1) is 12.8. The number of nitrogens with one attached hydrogen (secondary N) is 2. The van der Waals surface area contributed by atoms with Crippen LogP contribution < -0.4 is 22.3 Å². The zero-order valence-corrected chi connectivity index (χ0v) is 18.7. The number of azo groups is 1. The fourth-order valence-corrected chi connectivity index (χ4v) is 2.67. The van der Waals surface area contributed by atoms with Crippen molar-refractivity contribution in [1.29, 1.82) is 0 Å². The van der Waals surface area contributed by atoms with E-state index >= 15 is 0 Å². The van der Waals surface area contributed by atoms with E-state index in [0.29, 0.717) is 12.8 Å². The lowest BCUT2D eigenvalue weighted by molar-refractivity contribution is 0.0873. The second kappa shape index (κ2) is 11.2. The van der Waals surface area contributed by atoms with E-state index in [0.717, 1.165) is 22.9 Å². The van der Waals surface area contributed by atoms with Crippen molar-refractivity contribution in [3.63, 3.8) is 0 Å². The van der Waals surface area contributed by atoms with Crippen LogP contribution in [0.1, 0.15) is 81.1 Å². The fraction of sp³-hybridized carbons (Fsp3) is 0.889. The first-order valence-electron chi connectivity index (χ1n) is 9.97. The highest BCUT2D eigenvalue weighted by Gasteiger charge is 2.37. The molecule has 0 heterocycles. The third-order valence-electron chi connectivity index (χ3n) is 4.23. The zero-order chi connectivity index (χ0) is 22.1. The number of urea groups is 2. The van der Waals surface area contributed by atoms with Gasteiger partial charge in [0.15, 0.2) is 11.3 Å². The largest absolute Gasteiger partial charge is 0.335 e. The Morgan fingerprint density at radius 1 is 0.821 bits per heavy atom. The Morgan fingerprint density at radius 3 is 1.32 bits per heavy atom. The van der Waals surface area contributed by atoms with E-state index in [-0.39, 0.29) is 12.1 Å². The molecule has 0 aliphatic carbocycles. The lowest BCUT2D eigenvalue weighted by atomic mass is 10.1. The quantitative estimate of drug-likeness (QED) is 0.193. The molecule has 6 N–H and O–H groups in total. The molecule has 10 heteroatoms. The standard InChI is InChI=1S/C18H40N8O2/c1-9-11-17(7,25(19)15(27)21-13(3)4)23-24-18(8,12-10-2)26(20)16(28)22-14(5)6/h13-14H,9-12,19-20H2,1-8H3,(H,21,27)(H,22,28). The van der Waals surface area contributed by atoms with Crippen LogP contribution in [0.25, 0.3) is 0 Å². The van der Waals surface area contributed by atoms with Crippen molar-refractivity contribution in [1.82, 2.24) is 20.7 Å². The summed E-state index contributed by atoms with van der Waals surface area (Å²) in [7, 11) is 0. The van der Waals surface area contributed by atoms with Crippen LogP contribution in [0, 0.1) is 0 Å². The molecular formula is C18H40N8O2. The van der Waals surface area contributed by atoms with Crippen LogP contribution in [0.4, 0.5) is 9.59 Å². The van der Waals surface area contributed by atoms with Crippen LogP contribution in [0.3, 0.4) is 0 Å². The molecule has 0 saturated carbocycles. The summed E-state index contributed by atoms with van der Waals surface area (Å²) in [5, 5.41) is 16.4. The van der Waals surface area contributed by atoms with Crippen molar-refractivity contribution in [2.45, 2.75) is 104 Å². The minimum atomic E-state index is -1.07. The normalized spacial score (nSPS) is 16.0. The molecule has 0 aliphatic heterocycles. The highest BCUT2D eigenvalue weighted by atomic mass is 16.2. The van der Waals surface area contributed by atoms with Gasteiger partial charge in [0.05, 0.1) is 0 Å². The first-order valence-corrected chi connectivity index (χ1v) is 9.97. The lowest BCUT2D eigenvalue weighted by Crippen LogP contribution is -2.59. The Kier molecular flexibility index (Phi) is 10.4. The molecule has 0 saturated heterocycles. The summed E-state index contributed by atoms with van der Waals surface area (Å²) in [6.45, 7) is 14.8. The average Bonchev–Trinajstić information content (AvgIpc) is 2.58. The van der Waals surface area contributed by atoms with Crippen LogP contribution in [0.2, 0.25) is 0 Å². The fourth-order valence-electron chi connectivity index (χ4n) is 2.67. The average molecular weight is 401 g/mol. The minimum Gasteiger partial charge on any atom is -0.335 e. The zero-order valence-electron chi connectivity index (χ0n) is 18.7. The lowest BCUT2D eigenvalue weighted by Gasteiger charge is -2.37. The summed E-state index contributed by atoms with van der Waals surface area (Å²) in [6, 6.07) is -1.01. The van der Waals surface area contributed by atoms with E-state index in [1.54, 1.807) is 13.8 Å². The third-order valence-corrected chi connectivity index (χ3v) is 4.23. The van der Waals surface area contributed by atoms with Crippen LogP contribution in [-0.2, 0) is 0 Å². The molecule has 28 heavy (non-hydrogen) atoms. The third kappa shape index (κ3) is 7.59. The van der Waals surface area contributed by atoms with Crippen LogP contribution >= 0.6 is 0 Å². The highest BCUT2D eigenvalue weighted by molar-refractivity contribution is 5.75. The maximum Gasteiger partial charge on any atom is 0.334 e. The van der Waals surface area contributed by atoms with Gasteiger partial charge in [-0.05, 0) is 54.4 Å². The number of carbonyl (C=O) groups excluding carboxylic acids is 2. The summed E-state index contributed by atoms with van der Waals surface area (Å²) in [6.07, 6.45) is 2.48. The molecule has 0 aromatic heterocycles. The number of carbonyl (C=O) groups is 2. The van der Waals surface area contributed by atoms with Crippen molar-refractivity contribution in [2.24, 2.45) is 21.9 Å². The van der Waals surface area contributed by atoms with E-state index in [2.05, 4.69) is 20.9 Å². The molecule has 0 radical (unpaired) electrons. The van der Waals surface area contributed by atoms with Crippen molar-refractivity contribution in [3.8, 4) is 0 Å². The topological polar surface area (TPSA) is 141 Å². The molecule has 0 aromatic carbocycles. The predicted octanol–water partition coefficient (Wildman–Crippen LogP) is 3.06. The van der Waals surface area contributed by atoms with Gasteiger partial charge in [-0.2, -0.15) is 10.2 Å². The summed E-state index contributed by atoms with van der Waals surface area (Å²) in [5.41, 5.74) is -2.14. The van der Waals surface area contributed by atoms with Gasteiger partial charge < -0.3 is 10.6 Å². The summed E-state index contributed by atoms with van der Waals surface area (Å²) in [5.74, 6) is 12.2. The molecule has 0 rings (SSSR count). The van der Waals surface area contributed by atoms with Gasteiger partial charge in [-0.3, -0.25) is 0 Å². The molecular weight excluding hydrogens is 360 g/mol. The molecule has 164 valence electrons. The Labute approximate surface area is 169 Å². The van der Waals surface area contributed by atoms with Gasteiger partial charge >= 0.3 is 12.1 Å². The number of hydrogen-bond acceptors (Lipinski definition) is 6. The molecule has 4 amide bonds. The van der Waals surface area contributed by atoms with Gasteiger partial charge in [-0.15, -0.1) is 0 Å². The van der Waals surface area contributed by atoms with Crippen molar-refractivity contribution < 1.29 is 9.59 Å². The minimum absolute atomic E-state index is 0.0639. The van der Waals surface area contributed by atoms with E-state index in [1.807, 2.05) is 41.5 Å². The van der Waals surface area contributed by atoms with E-state index < -0.39 is 23.4 Å². The number of rotatable bonds is 10. The van der Waals surface area contributed by atoms with Gasteiger partial charge in [0, 0.05) is 12.1 Å². The van der Waals surface area contributed by atoms with E-state index in [1.165, 1.54) is 0 Å². The number of hydrazine groups is 2. The Hall–Kier alpha value is -1.94. The number of hydrogen-bond donors (Lipinski definition) is 4. The second-order valence-electron chi connectivity index (χ2n) is 8.08. The molecule has 2 unspecified atom stereocenters. The van der Waals surface area contributed by atoms with E-state index in [4.69, 9.17) is 11.7 Å².